The van der Waals surface area contributed by atoms with Gasteiger partial charge in [0.15, 0.2) is 0 Å². The smallest absolute Gasteiger partial charge is 0.308 e. The van der Waals surface area contributed by atoms with Crippen LogP contribution in [-0.2, 0) is 14.4 Å². The molecule has 7 heteroatoms. The van der Waals surface area contributed by atoms with Gasteiger partial charge < -0.3 is 15.3 Å². The van der Waals surface area contributed by atoms with E-state index in [-0.39, 0.29) is 23.8 Å². The summed E-state index contributed by atoms with van der Waals surface area (Å²) < 4.78 is 0. The van der Waals surface area contributed by atoms with Crippen LogP contribution in [0.1, 0.15) is 47.0 Å². The average Bonchev–Trinajstić information content (AvgIpc) is 2.90. The lowest BCUT2D eigenvalue weighted by Crippen LogP contribution is -2.49. The second kappa shape index (κ2) is 8.57. The standard InChI is InChI=1S/C16H28N2O4S/c1-5-6-11(15(21)22)8-17-14(20)12-9-23-10-18(12)13(19)7-16(2,3)4/h11-12H,5-10H2,1-4H3,(H,17,20)(H,21,22). The summed E-state index contributed by atoms with van der Waals surface area (Å²) >= 11 is 1.55. The van der Waals surface area contributed by atoms with Crippen molar-refractivity contribution in [3.63, 3.8) is 0 Å². The number of thioether (sulfide) groups is 1. The Kier molecular flexibility index (Phi) is 7.38. The monoisotopic (exact) mass is 344 g/mol. The molecule has 2 atom stereocenters. The van der Waals surface area contributed by atoms with Crippen molar-refractivity contribution in [1.29, 1.82) is 0 Å². The minimum Gasteiger partial charge on any atom is -0.481 e. The summed E-state index contributed by atoms with van der Waals surface area (Å²) in [6.07, 6.45) is 1.68. The molecular weight excluding hydrogens is 316 g/mol. The molecule has 2 N–H and O–H groups in total. The molecule has 0 saturated carbocycles. The first-order chi connectivity index (χ1) is 10.7. The molecule has 0 aromatic carbocycles. The number of carbonyl (C=O) groups excluding carboxylic acids is 2. The number of carboxylic acids is 1. The molecule has 132 valence electrons. The zero-order valence-electron chi connectivity index (χ0n) is 14.4. The third-order valence-corrected chi connectivity index (χ3v) is 4.71. The van der Waals surface area contributed by atoms with Crippen LogP contribution in [0.3, 0.4) is 0 Å². The Bertz CT molecular complexity index is 448. The number of carbonyl (C=O) groups is 3. The molecule has 0 aliphatic carbocycles. The van der Waals surface area contributed by atoms with Crippen molar-refractivity contribution in [3.05, 3.63) is 0 Å². The number of aliphatic carboxylic acids is 1. The lowest BCUT2D eigenvalue weighted by Gasteiger charge is -2.27. The highest BCUT2D eigenvalue weighted by molar-refractivity contribution is 7.99. The van der Waals surface area contributed by atoms with E-state index in [2.05, 4.69) is 5.32 Å². The Balaban J connectivity index is 2.60. The SMILES string of the molecule is CCCC(CNC(=O)C1CSCN1C(=O)CC(C)(C)C)C(=O)O. The largest absolute Gasteiger partial charge is 0.481 e. The number of hydrogen-bond acceptors (Lipinski definition) is 4. The number of nitrogens with zero attached hydrogens (tertiary/aromatic N) is 1. The summed E-state index contributed by atoms with van der Waals surface area (Å²) in [4.78, 5) is 37.5. The number of amides is 2. The molecule has 1 saturated heterocycles. The normalized spacial score (nSPS) is 19.5. The van der Waals surface area contributed by atoms with Gasteiger partial charge in [0.1, 0.15) is 6.04 Å². The second-order valence-corrected chi connectivity index (χ2v) is 8.19. The first-order valence-electron chi connectivity index (χ1n) is 8.03. The summed E-state index contributed by atoms with van der Waals surface area (Å²) in [6, 6.07) is -0.495. The molecule has 1 aliphatic rings. The van der Waals surface area contributed by atoms with Gasteiger partial charge in [0.2, 0.25) is 11.8 Å². The van der Waals surface area contributed by atoms with E-state index < -0.39 is 17.9 Å². The van der Waals surface area contributed by atoms with E-state index in [0.717, 1.165) is 6.42 Å². The predicted molar refractivity (Wildman–Crippen MR) is 91.1 cm³/mol. The summed E-state index contributed by atoms with van der Waals surface area (Å²) in [5, 5.41) is 11.8. The summed E-state index contributed by atoms with van der Waals surface area (Å²) in [6.45, 7) is 8.00. The Morgan fingerprint density at radius 1 is 1.35 bits per heavy atom. The van der Waals surface area contributed by atoms with Crippen LogP contribution in [-0.4, -0.2) is 52.0 Å². The first-order valence-corrected chi connectivity index (χ1v) is 9.19. The molecule has 1 fully saturated rings. The van der Waals surface area contributed by atoms with E-state index in [1.807, 2.05) is 27.7 Å². The van der Waals surface area contributed by atoms with Crippen LogP contribution < -0.4 is 5.32 Å². The lowest BCUT2D eigenvalue weighted by atomic mass is 9.91. The highest BCUT2D eigenvalue weighted by atomic mass is 32.2. The van der Waals surface area contributed by atoms with Crippen molar-refractivity contribution in [2.24, 2.45) is 11.3 Å². The molecule has 2 unspecified atom stereocenters. The van der Waals surface area contributed by atoms with Gasteiger partial charge in [-0.1, -0.05) is 34.1 Å². The van der Waals surface area contributed by atoms with Gasteiger partial charge in [0, 0.05) is 18.7 Å². The van der Waals surface area contributed by atoms with Gasteiger partial charge in [-0.15, -0.1) is 11.8 Å². The molecule has 1 aliphatic heterocycles. The van der Waals surface area contributed by atoms with Crippen molar-refractivity contribution in [1.82, 2.24) is 10.2 Å². The fraction of sp³-hybridized carbons (Fsp3) is 0.812. The van der Waals surface area contributed by atoms with Crippen LogP contribution in [0.5, 0.6) is 0 Å². The Morgan fingerprint density at radius 3 is 2.52 bits per heavy atom. The van der Waals surface area contributed by atoms with Crippen LogP contribution in [0, 0.1) is 11.3 Å². The summed E-state index contributed by atoms with van der Waals surface area (Å²) in [7, 11) is 0. The molecule has 0 aromatic heterocycles. The van der Waals surface area contributed by atoms with Crippen molar-refractivity contribution in [2.75, 3.05) is 18.2 Å². The van der Waals surface area contributed by atoms with E-state index in [1.54, 1.807) is 16.7 Å². The molecule has 0 radical (unpaired) electrons. The number of hydrogen-bond donors (Lipinski definition) is 2. The van der Waals surface area contributed by atoms with Crippen LogP contribution in [0.2, 0.25) is 0 Å². The molecule has 0 bridgehead atoms. The van der Waals surface area contributed by atoms with E-state index in [0.29, 0.717) is 24.5 Å². The molecule has 23 heavy (non-hydrogen) atoms. The molecule has 0 spiro atoms. The molecule has 0 aromatic rings. The van der Waals surface area contributed by atoms with Crippen molar-refractivity contribution >= 4 is 29.5 Å². The molecule has 2 amide bonds. The van der Waals surface area contributed by atoms with Crippen LogP contribution in [0.4, 0.5) is 0 Å². The zero-order chi connectivity index (χ0) is 17.6. The minimum absolute atomic E-state index is 0.0222. The Morgan fingerprint density at radius 2 is 2.00 bits per heavy atom. The van der Waals surface area contributed by atoms with Gasteiger partial charge in [-0.3, -0.25) is 14.4 Å². The van der Waals surface area contributed by atoms with Gasteiger partial charge in [0.25, 0.3) is 0 Å². The van der Waals surface area contributed by atoms with Crippen molar-refractivity contribution in [3.8, 4) is 0 Å². The third kappa shape index (κ3) is 6.41. The van der Waals surface area contributed by atoms with Crippen molar-refractivity contribution in [2.45, 2.75) is 53.0 Å². The summed E-state index contributed by atoms with van der Waals surface area (Å²) in [5.74, 6) is -0.659. The molecule has 1 rings (SSSR count). The number of nitrogens with one attached hydrogen (secondary N) is 1. The maximum Gasteiger partial charge on any atom is 0.308 e. The van der Waals surface area contributed by atoms with E-state index in [1.165, 1.54) is 0 Å². The fourth-order valence-corrected chi connectivity index (χ4v) is 3.64. The van der Waals surface area contributed by atoms with Crippen LogP contribution >= 0.6 is 11.8 Å². The Hall–Kier alpha value is -1.24. The van der Waals surface area contributed by atoms with Gasteiger partial charge in [0.05, 0.1) is 11.8 Å². The predicted octanol–water partition coefficient (Wildman–Crippen LogP) is 1.94. The maximum absolute atomic E-state index is 12.4. The zero-order valence-corrected chi connectivity index (χ0v) is 15.2. The highest BCUT2D eigenvalue weighted by Gasteiger charge is 2.36. The minimum atomic E-state index is -0.895. The maximum atomic E-state index is 12.4. The lowest BCUT2D eigenvalue weighted by molar-refractivity contribution is -0.143. The fourth-order valence-electron chi connectivity index (χ4n) is 2.46. The quantitative estimate of drug-likeness (QED) is 0.737. The van der Waals surface area contributed by atoms with E-state index in [9.17, 15) is 14.4 Å². The molecular formula is C16H28N2O4S. The topological polar surface area (TPSA) is 86.7 Å². The third-order valence-electron chi connectivity index (χ3n) is 3.70. The number of carboxylic acid groups (broad SMARTS) is 1. The van der Waals surface area contributed by atoms with Gasteiger partial charge in [-0.05, 0) is 11.8 Å². The van der Waals surface area contributed by atoms with Gasteiger partial charge in [-0.2, -0.15) is 0 Å². The van der Waals surface area contributed by atoms with Gasteiger partial charge >= 0.3 is 5.97 Å². The number of rotatable bonds is 7. The highest BCUT2D eigenvalue weighted by Crippen LogP contribution is 2.26. The molecule has 6 nitrogen and oxygen atoms in total. The van der Waals surface area contributed by atoms with Crippen molar-refractivity contribution < 1.29 is 19.5 Å². The van der Waals surface area contributed by atoms with E-state index in [4.69, 9.17) is 5.11 Å². The summed E-state index contributed by atoms with van der Waals surface area (Å²) in [5.41, 5.74) is -0.124. The van der Waals surface area contributed by atoms with E-state index >= 15 is 0 Å². The first kappa shape index (κ1) is 19.8. The second-order valence-electron chi connectivity index (χ2n) is 7.19. The van der Waals surface area contributed by atoms with Crippen LogP contribution in [0.15, 0.2) is 0 Å². The van der Waals surface area contributed by atoms with Gasteiger partial charge in [-0.25, -0.2) is 0 Å². The molecule has 1 heterocycles. The Labute approximate surface area is 142 Å². The van der Waals surface area contributed by atoms with Crippen LogP contribution in [0.25, 0.3) is 0 Å². The average molecular weight is 344 g/mol.